The third-order valence-electron chi connectivity index (χ3n) is 1.90. The molecule has 0 amide bonds. The zero-order valence-corrected chi connectivity index (χ0v) is 7.09. The third-order valence-corrected chi connectivity index (χ3v) is 1.90. The lowest BCUT2D eigenvalue weighted by Gasteiger charge is -2.21. The van der Waals surface area contributed by atoms with Crippen molar-refractivity contribution >= 4 is 0 Å². The molecule has 0 aliphatic heterocycles. The normalized spacial score (nSPS) is 19.2. The van der Waals surface area contributed by atoms with Crippen LogP contribution in [0.3, 0.4) is 0 Å². The lowest BCUT2D eigenvalue weighted by molar-refractivity contribution is -0.128. The lowest BCUT2D eigenvalue weighted by Crippen LogP contribution is -2.36. The van der Waals surface area contributed by atoms with Gasteiger partial charge in [0.2, 0.25) is 0 Å². The van der Waals surface area contributed by atoms with Crippen LogP contribution in [0.4, 0.5) is 0 Å². The Balaban J connectivity index is 3.75. The zero-order chi connectivity index (χ0) is 9.72. The summed E-state index contributed by atoms with van der Waals surface area (Å²) in [7, 11) is 0. The van der Waals surface area contributed by atoms with E-state index in [4.69, 9.17) is 26.2 Å². The zero-order valence-electron chi connectivity index (χ0n) is 7.09. The van der Waals surface area contributed by atoms with Crippen molar-refractivity contribution < 1.29 is 20.4 Å². The van der Waals surface area contributed by atoms with E-state index in [0.717, 1.165) is 0 Å². The minimum absolute atomic E-state index is 0.146. The molecule has 0 rings (SSSR count). The van der Waals surface area contributed by atoms with Crippen LogP contribution in [0, 0.1) is 5.92 Å². The molecule has 0 heterocycles. The molecule has 0 aromatic carbocycles. The fourth-order valence-corrected chi connectivity index (χ4v) is 0.857. The molecular formula is C7H17NO4. The molecular weight excluding hydrogens is 162 g/mol. The summed E-state index contributed by atoms with van der Waals surface area (Å²) in [6, 6.07) is -0.432. The Labute approximate surface area is 71.4 Å². The summed E-state index contributed by atoms with van der Waals surface area (Å²) in [4.78, 5) is 0. The van der Waals surface area contributed by atoms with Crippen molar-refractivity contribution in [3.63, 3.8) is 0 Å². The highest BCUT2D eigenvalue weighted by molar-refractivity contribution is 4.72. The molecule has 0 aliphatic carbocycles. The van der Waals surface area contributed by atoms with Crippen LogP contribution in [-0.2, 0) is 0 Å². The van der Waals surface area contributed by atoms with Gasteiger partial charge in [-0.05, 0) is 12.3 Å². The first kappa shape index (κ1) is 11.8. The van der Waals surface area contributed by atoms with Gasteiger partial charge in [0.15, 0.2) is 6.29 Å². The Morgan fingerprint density at radius 3 is 2.08 bits per heavy atom. The van der Waals surface area contributed by atoms with Crippen LogP contribution in [0.1, 0.15) is 13.3 Å². The predicted molar refractivity (Wildman–Crippen MR) is 43.1 cm³/mol. The monoisotopic (exact) mass is 179 g/mol. The third kappa shape index (κ3) is 3.99. The topological polar surface area (TPSA) is 107 Å². The SMILES string of the molecule is CC(CC(O)C(O)O)C(N)CO. The van der Waals surface area contributed by atoms with Crippen LogP contribution in [0.15, 0.2) is 0 Å². The lowest BCUT2D eigenvalue weighted by atomic mass is 9.96. The van der Waals surface area contributed by atoms with Crippen molar-refractivity contribution in [3.8, 4) is 0 Å². The van der Waals surface area contributed by atoms with E-state index in [2.05, 4.69) is 0 Å². The van der Waals surface area contributed by atoms with Crippen LogP contribution in [-0.4, -0.2) is 45.5 Å². The Morgan fingerprint density at radius 1 is 1.25 bits per heavy atom. The number of nitrogens with two attached hydrogens (primary N) is 1. The molecule has 0 radical (unpaired) electrons. The number of aliphatic hydroxyl groups is 4. The van der Waals surface area contributed by atoms with E-state index in [9.17, 15) is 0 Å². The highest BCUT2D eigenvalue weighted by Gasteiger charge is 2.20. The van der Waals surface area contributed by atoms with Crippen LogP contribution in [0.5, 0.6) is 0 Å². The molecule has 3 atom stereocenters. The summed E-state index contributed by atoms with van der Waals surface area (Å²) in [6.45, 7) is 1.56. The molecule has 0 saturated heterocycles. The van der Waals surface area contributed by atoms with Crippen LogP contribution >= 0.6 is 0 Å². The molecule has 3 unspecified atom stereocenters. The predicted octanol–water partition coefficient (Wildman–Crippen LogP) is -2.00. The first-order chi connectivity index (χ1) is 5.49. The van der Waals surface area contributed by atoms with Gasteiger partial charge in [-0.1, -0.05) is 6.92 Å². The van der Waals surface area contributed by atoms with Gasteiger partial charge >= 0.3 is 0 Å². The van der Waals surface area contributed by atoms with Crippen molar-refractivity contribution in [3.05, 3.63) is 0 Å². The molecule has 0 aromatic heterocycles. The van der Waals surface area contributed by atoms with Crippen LogP contribution in [0.2, 0.25) is 0 Å². The number of hydrogen-bond donors (Lipinski definition) is 5. The van der Waals surface area contributed by atoms with E-state index in [-0.39, 0.29) is 18.9 Å². The summed E-state index contributed by atoms with van der Waals surface area (Å²) >= 11 is 0. The van der Waals surface area contributed by atoms with Gasteiger partial charge in [0, 0.05) is 6.04 Å². The second-order valence-corrected chi connectivity index (χ2v) is 3.04. The average Bonchev–Trinajstić information content (AvgIpc) is 2.02. The second kappa shape index (κ2) is 5.45. The first-order valence-electron chi connectivity index (χ1n) is 3.89. The summed E-state index contributed by atoms with van der Waals surface area (Å²) in [5, 5.41) is 34.7. The minimum Gasteiger partial charge on any atom is -0.395 e. The van der Waals surface area contributed by atoms with E-state index < -0.39 is 18.4 Å². The van der Waals surface area contributed by atoms with Gasteiger partial charge in [0.1, 0.15) is 6.10 Å². The Hall–Kier alpha value is -0.200. The second-order valence-electron chi connectivity index (χ2n) is 3.04. The fraction of sp³-hybridized carbons (Fsp3) is 1.00. The fourth-order valence-electron chi connectivity index (χ4n) is 0.857. The molecule has 0 aliphatic rings. The average molecular weight is 179 g/mol. The van der Waals surface area contributed by atoms with Crippen molar-refractivity contribution in [2.24, 2.45) is 11.7 Å². The molecule has 5 heteroatoms. The van der Waals surface area contributed by atoms with Crippen molar-refractivity contribution in [2.75, 3.05) is 6.61 Å². The summed E-state index contributed by atoms with van der Waals surface area (Å²) in [5.41, 5.74) is 5.44. The maximum Gasteiger partial charge on any atom is 0.178 e. The smallest absolute Gasteiger partial charge is 0.178 e. The standard InChI is InChI=1S/C7H17NO4/c1-4(5(8)3-9)2-6(10)7(11)12/h4-7,9-12H,2-3,8H2,1H3. The summed E-state index contributed by atoms with van der Waals surface area (Å²) < 4.78 is 0. The van der Waals surface area contributed by atoms with Gasteiger partial charge in [0.05, 0.1) is 6.61 Å². The Morgan fingerprint density at radius 2 is 1.75 bits per heavy atom. The molecule has 0 aromatic rings. The van der Waals surface area contributed by atoms with Gasteiger partial charge in [-0.25, -0.2) is 0 Å². The largest absolute Gasteiger partial charge is 0.395 e. The first-order valence-corrected chi connectivity index (χ1v) is 3.89. The minimum atomic E-state index is -1.74. The highest BCUT2D eigenvalue weighted by atomic mass is 16.5. The van der Waals surface area contributed by atoms with Crippen molar-refractivity contribution in [1.29, 1.82) is 0 Å². The van der Waals surface area contributed by atoms with Gasteiger partial charge in [-0.2, -0.15) is 0 Å². The maximum atomic E-state index is 9.00. The maximum absolute atomic E-state index is 9.00. The van der Waals surface area contributed by atoms with Crippen LogP contribution in [0.25, 0.3) is 0 Å². The summed E-state index contributed by atoms with van der Waals surface area (Å²) in [6.07, 6.45) is -2.77. The van der Waals surface area contributed by atoms with E-state index in [1.807, 2.05) is 0 Å². The molecule has 6 N–H and O–H groups in total. The van der Waals surface area contributed by atoms with E-state index in [1.165, 1.54) is 0 Å². The van der Waals surface area contributed by atoms with Gasteiger partial charge in [-0.15, -0.1) is 0 Å². The molecule has 5 nitrogen and oxygen atoms in total. The molecule has 0 bridgehead atoms. The number of aliphatic hydroxyl groups excluding tert-OH is 3. The van der Waals surface area contributed by atoms with Gasteiger partial charge < -0.3 is 26.2 Å². The van der Waals surface area contributed by atoms with Gasteiger partial charge in [0.25, 0.3) is 0 Å². The van der Waals surface area contributed by atoms with Gasteiger partial charge in [-0.3, -0.25) is 0 Å². The number of rotatable bonds is 5. The van der Waals surface area contributed by atoms with Crippen molar-refractivity contribution in [2.45, 2.75) is 31.8 Å². The Bertz CT molecular complexity index is 120. The quantitative estimate of drug-likeness (QED) is 0.314. The van der Waals surface area contributed by atoms with E-state index in [0.29, 0.717) is 0 Å². The molecule has 0 spiro atoms. The summed E-state index contributed by atoms with van der Waals surface area (Å²) in [5.74, 6) is -0.146. The number of hydrogen-bond acceptors (Lipinski definition) is 5. The van der Waals surface area contributed by atoms with E-state index >= 15 is 0 Å². The molecule has 0 saturated carbocycles. The molecule has 74 valence electrons. The highest BCUT2D eigenvalue weighted by Crippen LogP contribution is 2.10. The molecule has 12 heavy (non-hydrogen) atoms. The van der Waals surface area contributed by atoms with E-state index in [1.54, 1.807) is 6.92 Å². The molecule has 0 fully saturated rings. The van der Waals surface area contributed by atoms with Crippen molar-refractivity contribution in [1.82, 2.24) is 0 Å². The van der Waals surface area contributed by atoms with Crippen LogP contribution < -0.4 is 5.73 Å². The Kier molecular flexibility index (Phi) is 5.36.